The molecule has 248 valence electrons. The fourth-order valence-corrected chi connectivity index (χ4v) is 7.18. The second-order valence-electron chi connectivity index (χ2n) is 14.0. The van der Waals surface area contributed by atoms with Crippen LogP contribution in [0.25, 0.3) is 0 Å². The van der Waals surface area contributed by atoms with Crippen molar-refractivity contribution in [2.45, 2.75) is 104 Å². The Morgan fingerprint density at radius 3 is 2.58 bits per heavy atom. The van der Waals surface area contributed by atoms with Gasteiger partial charge < -0.3 is 30.4 Å². The monoisotopic (exact) mass is 628 g/mol. The number of carbonyl (C=O) groups excluding carboxylic acids is 2. The molecular weight excluding hydrogens is 579 g/mol. The van der Waals surface area contributed by atoms with Crippen molar-refractivity contribution in [3.05, 3.63) is 39.4 Å². The van der Waals surface area contributed by atoms with E-state index in [0.29, 0.717) is 30.4 Å². The Bertz CT molecular complexity index is 1290. The molecule has 2 amide bonds. The lowest BCUT2D eigenvalue weighted by Gasteiger charge is -2.64. The molecule has 0 unspecified atom stereocenters. The third-order valence-corrected chi connectivity index (χ3v) is 9.99. The van der Waals surface area contributed by atoms with Crippen molar-refractivity contribution in [3.8, 4) is 5.75 Å². The van der Waals surface area contributed by atoms with E-state index >= 15 is 0 Å². The number of carbonyl (C=O) groups is 2. The first-order valence-corrected chi connectivity index (χ1v) is 15.9. The summed E-state index contributed by atoms with van der Waals surface area (Å²) in [4.78, 5) is 41.3. The molecule has 0 spiro atoms. The highest BCUT2D eigenvalue weighted by Gasteiger charge is 2.68. The van der Waals surface area contributed by atoms with Gasteiger partial charge in [0.1, 0.15) is 11.8 Å². The molecule has 45 heavy (non-hydrogen) atoms. The molecular formula is C31H49BN6O7. The molecule has 4 aliphatic rings. The number of hydrogen-bond acceptors (Lipinski definition) is 8. The quantitative estimate of drug-likeness (QED) is 0.0602. The van der Waals surface area contributed by atoms with Crippen molar-refractivity contribution in [3.63, 3.8) is 0 Å². The van der Waals surface area contributed by atoms with Crippen LogP contribution in [-0.4, -0.2) is 66.8 Å². The first kappa shape index (κ1) is 34.5. The summed E-state index contributed by atoms with van der Waals surface area (Å²) in [7, 11) is -0.608. The second-order valence-corrected chi connectivity index (χ2v) is 14.0. The molecule has 1 saturated heterocycles. The number of benzene rings is 1. The Hall–Kier alpha value is -3.39. The van der Waals surface area contributed by atoms with E-state index in [1.54, 1.807) is 11.5 Å². The first-order valence-electron chi connectivity index (χ1n) is 15.9. The van der Waals surface area contributed by atoms with Crippen LogP contribution in [0.4, 0.5) is 0 Å². The maximum Gasteiger partial charge on any atom is 0.481 e. The summed E-state index contributed by atoms with van der Waals surface area (Å²) >= 11 is 0. The summed E-state index contributed by atoms with van der Waals surface area (Å²) in [6.07, 6.45) is 3.21. The number of nitro groups is 1. The number of nitrogens with two attached hydrogens (primary N) is 1. The highest BCUT2D eigenvalue weighted by atomic mass is 16.7. The van der Waals surface area contributed by atoms with E-state index in [1.807, 2.05) is 26.0 Å². The Morgan fingerprint density at radius 1 is 1.20 bits per heavy atom. The topological polar surface area (TPSA) is 179 Å². The number of nitrogens with one attached hydrogen (secondary N) is 3. The van der Waals surface area contributed by atoms with Gasteiger partial charge in [0.25, 0.3) is 11.9 Å². The van der Waals surface area contributed by atoms with Crippen LogP contribution in [0.3, 0.4) is 0 Å². The Balaban J connectivity index is 1.43. The van der Waals surface area contributed by atoms with Gasteiger partial charge in [-0.15, -0.1) is 0 Å². The number of nitrogens with zero attached hydrogens (tertiary/aromatic N) is 2. The molecule has 6 atom stereocenters. The van der Waals surface area contributed by atoms with Gasteiger partial charge in [0.15, 0.2) is 11.6 Å². The average Bonchev–Trinajstić information content (AvgIpc) is 3.31. The fraction of sp³-hybridized carbons (Fsp3) is 0.710. The Labute approximate surface area is 266 Å². The van der Waals surface area contributed by atoms with Crippen molar-refractivity contribution in [2.24, 2.45) is 33.9 Å². The van der Waals surface area contributed by atoms with Crippen molar-refractivity contribution < 1.29 is 28.7 Å². The third-order valence-electron chi connectivity index (χ3n) is 9.99. The predicted molar refractivity (Wildman–Crippen MR) is 171 cm³/mol. The van der Waals surface area contributed by atoms with Crippen LogP contribution < -0.4 is 26.5 Å². The summed E-state index contributed by atoms with van der Waals surface area (Å²) < 4.78 is 18.9. The van der Waals surface area contributed by atoms with Crippen molar-refractivity contribution in [2.75, 3.05) is 13.2 Å². The molecule has 5 N–H and O–H groups in total. The van der Waals surface area contributed by atoms with Gasteiger partial charge in [0, 0.05) is 6.54 Å². The highest BCUT2D eigenvalue weighted by Crippen LogP contribution is 2.65. The molecule has 5 rings (SSSR count). The lowest BCUT2D eigenvalue weighted by molar-refractivity contribution is -0.525. The minimum Gasteiger partial charge on any atom is -0.484 e. The van der Waals surface area contributed by atoms with Gasteiger partial charge in [-0.3, -0.25) is 9.59 Å². The molecule has 1 aliphatic heterocycles. The van der Waals surface area contributed by atoms with Crippen LogP contribution in [0.1, 0.15) is 77.8 Å². The van der Waals surface area contributed by atoms with Crippen molar-refractivity contribution >= 4 is 24.9 Å². The second kappa shape index (κ2) is 13.9. The van der Waals surface area contributed by atoms with E-state index in [4.69, 9.17) is 19.8 Å². The summed E-state index contributed by atoms with van der Waals surface area (Å²) in [6.45, 7) is 14.7. The van der Waals surface area contributed by atoms with Gasteiger partial charge in [-0.25, -0.2) is 15.1 Å². The molecule has 1 aromatic rings. The molecule has 2 bridgehead atoms. The third kappa shape index (κ3) is 8.07. The zero-order chi connectivity index (χ0) is 33.1. The largest absolute Gasteiger partial charge is 0.484 e. The minimum atomic E-state index is -0.915. The molecule has 0 aromatic heterocycles. The normalized spacial score (nSPS) is 26.4. The number of rotatable bonds is 14. The van der Waals surface area contributed by atoms with E-state index in [-0.39, 0.29) is 48.9 Å². The average molecular weight is 629 g/mol. The number of aliphatic imine (C=N–C) groups is 1. The molecule has 1 heterocycles. The molecule has 1 aromatic carbocycles. The summed E-state index contributed by atoms with van der Waals surface area (Å²) in [5, 5.41) is 15.7. The van der Waals surface area contributed by atoms with Crippen LogP contribution in [-0.2, 0) is 18.9 Å². The van der Waals surface area contributed by atoms with Crippen LogP contribution in [0, 0.1) is 47.1 Å². The maximum absolute atomic E-state index is 13.8. The summed E-state index contributed by atoms with van der Waals surface area (Å²) in [5.74, 6) is 0.188. The number of guanidine groups is 1. The molecule has 3 saturated carbocycles. The number of hydrazine groups is 1. The van der Waals surface area contributed by atoms with Gasteiger partial charge in [-0.1, -0.05) is 39.2 Å². The van der Waals surface area contributed by atoms with Gasteiger partial charge in [0.2, 0.25) is 5.91 Å². The number of hydrogen-bond donors (Lipinski definition) is 4. The lowest BCUT2D eigenvalue weighted by Crippen LogP contribution is -2.65. The highest BCUT2D eigenvalue weighted by molar-refractivity contribution is 6.48. The molecule has 4 fully saturated rings. The van der Waals surface area contributed by atoms with Crippen LogP contribution in [0.5, 0.6) is 5.75 Å². The Kier molecular flexibility index (Phi) is 10.7. The lowest BCUT2D eigenvalue weighted by atomic mass is 9.43. The molecule has 3 aliphatic carbocycles. The zero-order valence-corrected chi connectivity index (χ0v) is 27.6. The van der Waals surface area contributed by atoms with Crippen molar-refractivity contribution in [1.29, 1.82) is 0 Å². The number of aryl methyl sites for hydroxylation is 2. The van der Waals surface area contributed by atoms with Crippen LogP contribution in [0.15, 0.2) is 23.2 Å². The fourth-order valence-electron chi connectivity index (χ4n) is 7.18. The summed E-state index contributed by atoms with van der Waals surface area (Å²) in [6, 6.07) is 4.65. The van der Waals surface area contributed by atoms with E-state index in [9.17, 15) is 19.7 Å². The molecule has 13 nitrogen and oxygen atoms in total. The SMILES string of the molecule is Cc1ccc(OCC(=O)N[C@@H](CCCN=C(N)N[N+](=O)[O-])C(=O)N[C@@H](CC(C)C)B2O[C@@H]3C[C@H]4C[C@H](C4(C)C)[C@]3(C)O2)cc1C. The van der Waals surface area contributed by atoms with E-state index in [0.717, 1.165) is 24.0 Å². The molecule has 0 radical (unpaired) electrons. The van der Waals surface area contributed by atoms with E-state index in [1.165, 1.54) is 0 Å². The maximum atomic E-state index is 13.8. The smallest absolute Gasteiger partial charge is 0.481 e. The predicted octanol–water partition coefficient (Wildman–Crippen LogP) is 2.84. The van der Waals surface area contributed by atoms with E-state index in [2.05, 4.69) is 50.2 Å². The molecule has 14 heteroatoms. The standard InChI is InChI=1S/C31H49BN6O7/c1-18(2)13-26(32-44-25-16-21-15-24(30(21,5)6)31(25,7)45-32)36-28(40)23(9-8-12-34-29(33)37-38(41)42)35-27(39)17-43-22-11-10-19(3)20(4)14-22/h10-11,14,18,21,23-26H,8-9,12-13,15-17H2,1-7H3,(H,35,39)(H,36,40)(H3,33,34,37)/t21-,23+,24-,25-,26+,31+/m1/s1. The van der Waals surface area contributed by atoms with Gasteiger partial charge in [-0.05, 0) is 99.3 Å². The first-order chi connectivity index (χ1) is 21.1. The van der Waals surface area contributed by atoms with Crippen LogP contribution in [0.2, 0.25) is 0 Å². The number of ether oxygens (including phenoxy) is 1. The van der Waals surface area contributed by atoms with Crippen molar-refractivity contribution in [1.82, 2.24) is 16.1 Å². The Morgan fingerprint density at radius 2 is 1.93 bits per heavy atom. The number of amides is 2. The van der Waals surface area contributed by atoms with Crippen LogP contribution >= 0.6 is 0 Å². The minimum absolute atomic E-state index is 0.0278. The zero-order valence-electron chi connectivity index (χ0n) is 27.6. The van der Waals surface area contributed by atoms with Gasteiger partial charge in [-0.2, -0.15) is 0 Å². The van der Waals surface area contributed by atoms with E-state index < -0.39 is 35.6 Å². The van der Waals surface area contributed by atoms with Gasteiger partial charge >= 0.3 is 7.12 Å². The van der Waals surface area contributed by atoms with Gasteiger partial charge in [0.05, 0.1) is 17.6 Å². The summed E-state index contributed by atoms with van der Waals surface area (Å²) in [5.41, 5.74) is 9.24.